The first-order valence-corrected chi connectivity index (χ1v) is 8.28. The zero-order valence-electron chi connectivity index (χ0n) is 13.3. The molecule has 120 valence electrons. The Balaban J connectivity index is 1.50. The summed E-state index contributed by atoms with van der Waals surface area (Å²) in [5.41, 5.74) is 1.90. The molecule has 2 aliphatic rings. The molecular formula is C17H25N3O2. The first kappa shape index (κ1) is 15.4. The predicted molar refractivity (Wildman–Crippen MR) is 87.0 cm³/mol. The van der Waals surface area contributed by atoms with E-state index in [1.54, 1.807) is 12.1 Å². The van der Waals surface area contributed by atoms with Crippen molar-refractivity contribution in [3.8, 4) is 0 Å². The van der Waals surface area contributed by atoms with Crippen LogP contribution >= 0.6 is 0 Å². The Hall–Kier alpha value is -1.46. The standard InChI is InChI=1S/C17H25N3O2/c1-2-18-11-8-17(13-18)9-12-19(14-17)10-7-15-3-5-16(6-4-15)20(21)22/h3-6H,2,7-14H2,1H3. The predicted octanol–water partition coefficient (Wildman–Crippen LogP) is 2.56. The quantitative estimate of drug-likeness (QED) is 0.619. The molecule has 2 saturated heterocycles. The van der Waals surface area contributed by atoms with Gasteiger partial charge in [-0.2, -0.15) is 0 Å². The lowest BCUT2D eigenvalue weighted by Crippen LogP contribution is -2.31. The number of non-ortho nitro benzene ring substituents is 1. The molecular weight excluding hydrogens is 278 g/mol. The summed E-state index contributed by atoms with van der Waals surface area (Å²) in [6, 6.07) is 6.99. The second-order valence-electron chi connectivity index (χ2n) is 6.82. The smallest absolute Gasteiger partial charge is 0.269 e. The summed E-state index contributed by atoms with van der Waals surface area (Å²) in [7, 11) is 0. The Bertz CT molecular complexity index is 531. The molecule has 0 radical (unpaired) electrons. The van der Waals surface area contributed by atoms with Crippen molar-refractivity contribution in [1.82, 2.24) is 9.80 Å². The molecule has 1 unspecified atom stereocenters. The lowest BCUT2D eigenvalue weighted by atomic mass is 9.86. The highest BCUT2D eigenvalue weighted by molar-refractivity contribution is 5.32. The van der Waals surface area contributed by atoms with Gasteiger partial charge < -0.3 is 9.80 Å². The van der Waals surface area contributed by atoms with Crippen LogP contribution < -0.4 is 0 Å². The van der Waals surface area contributed by atoms with Crippen molar-refractivity contribution < 1.29 is 4.92 Å². The highest BCUT2D eigenvalue weighted by Gasteiger charge is 2.42. The number of nitrogens with zero attached hydrogens (tertiary/aromatic N) is 3. The maximum Gasteiger partial charge on any atom is 0.269 e. The van der Waals surface area contributed by atoms with Gasteiger partial charge in [-0.05, 0) is 49.9 Å². The van der Waals surface area contributed by atoms with Crippen molar-refractivity contribution in [1.29, 1.82) is 0 Å². The van der Waals surface area contributed by atoms with E-state index in [-0.39, 0.29) is 10.6 Å². The van der Waals surface area contributed by atoms with E-state index >= 15 is 0 Å². The third kappa shape index (κ3) is 3.31. The maximum absolute atomic E-state index is 10.7. The minimum atomic E-state index is -0.340. The molecule has 1 aromatic carbocycles. The monoisotopic (exact) mass is 303 g/mol. The van der Waals surface area contributed by atoms with Crippen LogP contribution in [-0.4, -0.2) is 54.0 Å². The van der Waals surface area contributed by atoms with Crippen LogP contribution in [0.2, 0.25) is 0 Å². The number of hydrogen-bond donors (Lipinski definition) is 0. The number of nitro benzene ring substituents is 1. The van der Waals surface area contributed by atoms with Gasteiger partial charge in [0.2, 0.25) is 0 Å². The summed E-state index contributed by atoms with van der Waals surface area (Å²) in [6.07, 6.45) is 3.64. The molecule has 0 saturated carbocycles. The molecule has 0 N–H and O–H groups in total. The zero-order valence-corrected chi connectivity index (χ0v) is 13.3. The normalized spacial score (nSPS) is 26.0. The van der Waals surface area contributed by atoms with Crippen LogP contribution in [0.1, 0.15) is 25.3 Å². The Labute approximate surface area is 132 Å². The van der Waals surface area contributed by atoms with Gasteiger partial charge in [0.1, 0.15) is 0 Å². The molecule has 1 atom stereocenters. The van der Waals surface area contributed by atoms with Gasteiger partial charge in [-0.15, -0.1) is 0 Å². The highest BCUT2D eigenvalue weighted by atomic mass is 16.6. The number of likely N-dealkylation sites (tertiary alicyclic amines) is 2. The maximum atomic E-state index is 10.7. The Kier molecular flexibility index (Phi) is 4.45. The van der Waals surface area contributed by atoms with E-state index in [2.05, 4.69) is 16.7 Å². The molecule has 0 aliphatic carbocycles. The number of benzene rings is 1. The lowest BCUT2D eigenvalue weighted by molar-refractivity contribution is -0.384. The minimum absolute atomic E-state index is 0.175. The van der Waals surface area contributed by atoms with Crippen LogP contribution in [0.5, 0.6) is 0 Å². The average Bonchev–Trinajstić information content (AvgIpc) is 3.13. The Morgan fingerprint density at radius 2 is 1.77 bits per heavy atom. The van der Waals surface area contributed by atoms with Crippen LogP contribution in [0.15, 0.2) is 24.3 Å². The van der Waals surface area contributed by atoms with Crippen molar-refractivity contribution in [2.75, 3.05) is 39.3 Å². The minimum Gasteiger partial charge on any atom is -0.303 e. The second-order valence-corrected chi connectivity index (χ2v) is 6.82. The van der Waals surface area contributed by atoms with E-state index in [4.69, 9.17) is 0 Å². The zero-order chi connectivity index (χ0) is 15.6. The van der Waals surface area contributed by atoms with Crippen molar-refractivity contribution >= 4 is 5.69 Å². The van der Waals surface area contributed by atoms with Gasteiger partial charge in [-0.3, -0.25) is 10.1 Å². The van der Waals surface area contributed by atoms with Crippen molar-refractivity contribution in [3.63, 3.8) is 0 Å². The largest absolute Gasteiger partial charge is 0.303 e. The van der Waals surface area contributed by atoms with Gasteiger partial charge >= 0.3 is 0 Å². The molecule has 5 nitrogen and oxygen atoms in total. The van der Waals surface area contributed by atoms with Crippen LogP contribution in [0.3, 0.4) is 0 Å². The number of rotatable bonds is 5. The second kappa shape index (κ2) is 6.34. The Morgan fingerprint density at radius 1 is 1.14 bits per heavy atom. The molecule has 1 aromatic rings. The van der Waals surface area contributed by atoms with Crippen LogP contribution in [0, 0.1) is 15.5 Å². The number of nitro groups is 1. The van der Waals surface area contributed by atoms with Gasteiger partial charge in [0.05, 0.1) is 4.92 Å². The summed E-state index contributed by atoms with van der Waals surface area (Å²) >= 11 is 0. The fraction of sp³-hybridized carbons (Fsp3) is 0.647. The average molecular weight is 303 g/mol. The molecule has 22 heavy (non-hydrogen) atoms. The summed E-state index contributed by atoms with van der Waals surface area (Å²) in [5, 5.41) is 10.7. The van der Waals surface area contributed by atoms with E-state index in [1.165, 1.54) is 51.1 Å². The van der Waals surface area contributed by atoms with Crippen molar-refractivity contribution in [2.45, 2.75) is 26.2 Å². The highest BCUT2D eigenvalue weighted by Crippen LogP contribution is 2.39. The molecule has 2 heterocycles. The lowest BCUT2D eigenvalue weighted by Gasteiger charge is -2.24. The van der Waals surface area contributed by atoms with Crippen LogP contribution in [0.25, 0.3) is 0 Å². The molecule has 1 spiro atoms. The van der Waals surface area contributed by atoms with Crippen molar-refractivity contribution in [2.24, 2.45) is 5.41 Å². The molecule has 2 fully saturated rings. The van der Waals surface area contributed by atoms with Gasteiger partial charge in [0.15, 0.2) is 0 Å². The fourth-order valence-electron chi connectivity index (χ4n) is 3.92. The van der Waals surface area contributed by atoms with E-state index in [9.17, 15) is 10.1 Å². The first-order valence-electron chi connectivity index (χ1n) is 8.28. The van der Waals surface area contributed by atoms with Gasteiger partial charge in [0.25, 0.3) is 5.69 Å². The van der Waals surface area contributed by atoms with E-state index in [0.717, 1.165) is 13.0 Å². The Morgan fingerprint density at radius 3 is 2.36 bits per heavy atom. The molecule has 0 amide bonds. The van der Waals surface area contributed by atoms with Gasteiger partial charge in [-0.1, -0.05) is 19.1 Å². The molecule has 0 bridgehead atoms. The van der Waals surface area contributed by atoms with E-state index in [1.807, 2.05) is 12.1 Å². The third-order valence-electron chi connectivity index (χ3n) is 5.35. The summed E-state index contributed by atoms with van der Waals surface area (Å²) < 4.78 is 0. The molecule has 3 rings (SSSR count). The molecule has 0 aromatic heterocycles. The summed E-state index contributed by atoms with van der Waals surface area (Å²) in [6.45, 7) is 9.42. The third-order valence-corrected chi connectivity index (χ3v) is 5.35. The van der Waals surface area contributed by atoms with Gasteiger partial charge in [0, 0.05) is 31.8 Å². The molecule has 2 aliphatic heterocycles. The first-order chi connectivity index (χ1) is 10.6. The summed E-state index contributed by atoms with van der Waals surface area (Å²) in [4.78, 5) is 15.5. The van der Waals surface area contributed by atoms with Crippen LogP contribution in [0.4, 0.5) is 5.69 Å². The van der Waals surface area contributed by atoms with Crippen molar-refractivity contribution in [3.05, 3.63) is 39.9 Å². The van der Waals surface area contributed by atoms with Crippen LogP contribution in [-0.2, 0) is 6.42 Å². The van der Waals surface area contributed by atoms with E-state index in [0.29, 0.717) is 5.41 Å². The SMILES string of the molecule is CCN1CCC2(CCN(CCc3ccc([N+](=O)[O-])cc3)C2)C1. The topological polar surface area (TPSA) is 49.6 Å². The fourth-order valence-corrected chi connectivity index (χ4v) is 3.92. The van der Waals surface area contributed by atoms with Gasteiger partial charge in [-0.25, -0.2) is 0 Å². The molecule has 5 heteroatoms. The van der Waals surface area contributed by atoms with E-state index < -0.39 is 0 Å². The number of hydrogen-bond acceptors (Lipinski definition) is 4. The summed E-state index contributed by atoms with van der Waals surface area (Å²) in [5.74, 6) is 0.